The van der Waals surface area contributed by atoms with Crippen molar-refractivity contribution in [2.24, 2.45) is 0 Å². The monoisotopic (exact) mass is 451 g/mol. The van der Waals surface area contributed by atoms with E-state index in [4.69, 9.17) is 5.11 Å². The van der Waals surface area contributed by atoms with Gasteiger partial charge in [0.15, 0.2) is 0 Å². The number of aromatic hydroxyl groups is 1. The number of phenols is 1. The van der Waals surface area contributed by atoms with Crippen molar-refractivity contribution in [3.8, 4) is 11.5 Å². The van der Waals surface area contributed by atoms with E-state index in [1.165, 1.54) is 0 Å². The van der Waals surface area contributed by atoms with Crippen LogP contribution in [0.4, 0.5) is 52.7 Å². The standard InChI is InChI=1S/C13H5F12NO3/c14-8(11(19,20)21,7(28)29-6-3-1-5(27)2-4-6)26-12(22,23)9(15,16)10(17,18)13(26,24)25/h1-4,27H. The maximum atomic E-state index is 14.5. The lowest BCUT2D eigenvalue weighted by molar-refractivity contribution is -0.382. The molecule has 1 aliphatic heterocycles. The van der Waals surface area contributed by atoms with Crippen LogP contribution in [-0.2, 0) is 4.79 Å². The number of alkyl halides is 12. The second-order valence-corrected chi connectivity index (χ2v) is 5.57. The summed E-state index contributed by atoms with van der Waals surface area (Å²) < 4.78 is 164. The fourth-order valence-electron chi connectivity index (χ4n) is 2.24. The Morgan fingerprint density at radius 3 is 1.55 bits per heavy atom. The lowest BCUT2D eigenvalue weighted by atomic mass is 10.2. The normalized spacial score (nSPS) is 24.7. The van der Waals surface area contributed by atoms with Crippen molar-refractivity contribution in [1.29, 1.82) is 0 Å². The number of esters is 1. The van der Waals surface area contributed by atoms with Crippen molar-refractivity contribution >= 4 is 5.97 Å². The molecule has 0 amide bonds. The van der Waals surface area contributed by atoms with Crippen LogP contribution < -0.4 is 4.74 Å². The van der Waals surface area contributed by atoms with Gasteiger partial charge in [-0.2, -0.15) is 48.3 Å². The summed E-state index contributed by atoms with van der Waals surface area (Å²) in [4.78, 5) is 8.03. The Morgan fingerprint density at radius 2 is 1.21 bits per heavy atom. The fourth-order valence-corrected chi connectivity index (χ4v) is 2.24. The summed E-state index contributed by atoms with van der Waals surface area (Å²) in [6.45, 7) is 0. The molecule has 1 aromatic carbocycles. The predicted molar refractivity (Wildman–Crippen MR) is 65.3 cm³/mol. The first-order chi connectivity index (χ1) is 12.8. The molecule has 0 aliphatic carbocycles. The van der Waals surface area contributed by atoms with E-state index in [9.17, 15) is 57.5 Å². The van der Waals surface area contributed by atoms with Crippen LogP contribution in [0.15, 0.2) is 24.3 Å². The molecule has 29 heavy (non-hydrogen) atoms. The zero-order chi connectivity index (χ0) is 22.8. The van der Waals surface area contributed by atoms with Crippen molar-refractivity contribution in [3.05, 3.63) is 24.3 Å². The van der Waals surface area contributed by atoms with Crippen LogP contribution in [0.25, 0.3) is 0 Å². The number of likely N-dealkylation sites (tertiary alicyclic amines) is 1. The average molecular weight is 451 g/mol. The maximum Gasteiger partial charge on any atom is 0.448 e. The van der Waals surface area contributed by atoms with Gasteiger partial charge in [0.2, 0.25) is 0 Å². The molecule has 1 fully saturated rings. The molecule has 1 unspecified atom stereocenters. The minimum Gasteiger partial charge on any atom is -0.508 e. The van der Waals surface area contributed by atoms with Gasteiger partial charge in [0.25, 0.3) is 0 Å². The van der Waals surface area contributed by atoms with Crippen LogP contribution in [0.1, 0.15) is 0 Å². The third-order valence-corrected chi connectivity index (χ3v) is 3.71. The van der Waals surface area contributed by atoms with E-state index in [0.29, 0.717) is 24.3 Å². The molecule has 16 heteroatoms. The van der Waals surface area contributed by atoms with E-state index >= 15 is 0 Å². The Hall–Kier alpha value is -2.39. The summed E-state index contributed by atoms with van der Waals surface area (Å²) in [6, 6.07) is -12.4. The molecule has 2 rings (SSSR count). The number of benzene rings is 1. The molecule has 0 saturated carbocycles. The van der Waals surface area contributed by atoms with Gasteiger partial charge in [-0.3, -0.25) is 0 Å². The topological polar surface area (TPSA) is 49.8 Å². The van der Waals surface area contributed by atoms with Gasteiger partial charge in [0.05, 0.1) is 0 Å². The number of ether oxygens (including phenoxy) is 1. The quantitative estimate of drug-likeness (QED) is 0.323. The molecule has 164 valence electrons. The zero-order valence-corrected chi connectivity index (χ0v) is 13.1. The molecule has 0 aromatic heterocycles. The summed E-state index contributed by atoms with van der Waals surface area (Å²) in [5, 5.41) is 8.94. The molecule has 4 nitrogen and oxygen atoms in total. The molecule has 0 spiro atoms. The highest BCUT2D eigenvalue weighted by atomic mass is 19.4. The average Bonchev–Trinajstić information content (AvgIpc) is 2.61. The Morgan fingerprint density at radius 1 is 0.828 bits per heavy atom. The third-order valence-electron chi connectivity index (χ3n) is 3.71. The summed E-state index contributed by atoms with van der Waals surface area (Å²) in [6.07, 6.45) is -7.18. The van der Waals surface area contributed by atoms with Gasteiger partial charge in [-0.15, -0.1) is 4.90 Å². The van der Waals surface area contributed by atoms with Crippen molar-refractivity contribution < 1.29 is 67.3 Å². The number of nitrogens with zero attached hydrogens (tertiary/aromatic N) is 1. The lowest BCUT2D eigenvalue weighted by Crippen LogP contribution is -2.70. The van der Waals surface area contributed by atoms with Crippen LogP contribution >= 0.6 is 0 Å². The van der Waals surface area contributed by atoms with Crippen molar-refractivity contribution in [3.63, 3.8) is 0 Å². The van der Waals surface area contributed by atoms with E-state index in [0.717, 1.165) is 0 Å². The summed E-state index contributed by atoms with van der Waals surface area (Å²) >= 11 is 0. The van der Waals surface area contributed by atoms with E-state index in [2.05, 4.69) is 4.74 Å². The second kappa shape index (κ2) is 6.06. The van der Waals surface area contributed by atoms with Gasteiger partial charge in [-0.25, -0.2) is 9.18 Å². The molecule has 1 heterocycles. The zero-order valence-electron chi connectivity index (χ0n) is 13.1. The molecule has 0 radical (unpaired) electrons. The highest BCUT2D eigenvalue weighted by Gasteiger charge is 2.98. The van der Waals surface area contributed by atoms with Crippen LogP contribution in [-0.4, -0.2) is 51.9 Å². The first kappa shape index (κ1) is 22.9. The van der Waals surface area contributed by atoms with Gasteiger partial charge in [-0.05, 0) is 24.3 Å². The van der Waals surface area contributed by atoms with Crippen molar-refractivity contribution in [2.75, 3.05) is 0 Å². The minimum atomic E-state index is -7.22. The summed E-state index contributed by atoms with van der Waals surface area (Å²) in [5.74, 6) is -26.7. The maximum absolute atomic E-state index is 14.5. The van der Waals surface area contributed by atoms with Gasteiger partial charge in [-0.1, -0.05) is 0 Å². The van der Waals surface area contributed by atoms with Gasteiger partial charge in [0.1, 0.15) is 11.5 Å². The SMILES string of the molecule is O=C(Oc1ccc(O)cc1)C(F)(N1C(F)(F)C(F)(F)C(F)(F)C1(F)F)C(F)(F)F. The number of halogens is 12. The largest absolute Gasteiger partial charge is 0.508 e. The van der Waals surface area contributed by atoms with E-state index in [1.807, 2.05) is 0 Å². The number of phenolic OH excluding ortho intramolecular Hbond substituents is 1. The minimum absolute atomic E-state index is 0.424. The Bertz CT molecular complexity index is 780. The number of rotatable bonds is 3. The van der Waals surface area contributed by atoms with E-state index in [-0.39, 0.29) is 0 Å². The Balaban J connectivity index is 2.68. The summed E-state index contributed by atoms with van der Waals surface area (Å²) in [7, 11) is 0. The predicted octanol–water partition coefficient (Wildman–Crippen LogP) is 4.30. The van der Waals surface area contributed by atoms with Crippen LogP contribution in [0, 0.1) is 0 Å². The molecule has 1 saturated heterocycles. The van der Waals surface area contributed by atoms with Gasteiger partial charge < -0.3 is 9.84 Å². The second-order valence-electron chi connectivity index (χ2n) is 5.57. The smallest absolute Gasteiger partial charge is 0.448 e. The highest BCUT2D eigenvalue weighted by molar-refractivity contribution is 5.82. The fraction of sp³-hybridized carbons (Fsp3) is 0.462. The molecule has 1 atom stereocenters. The molecule has 0 bridgehead atoms. The highest BCUT2D eigenvalue weighted by Crippen LogP contribution is 2.66. The van der Waals surface area contributed by atoms with Crippen molar-refractivity contribution in [2.45, 2.75) is 35.9 Å². The van der Waals surface area contributed by atoms with E-state index < -0.39 is 58.3 Å². The first-order valence-corrected chi connectivity index (χ1v) is 6.85. The number of carbonyl (C=O) groups is 1. The van der Waals surface area contributed by atoms with Crippen LogP contribution in [0.2, 0.25) is 0 Å². The Labute approximate surface area is 151 Å². The number of hydrogen-bond acceptors (Lipinski definition) is 4. The molecular weight excluding hydrogens is 446 g/mol. The van der Waals surface area contributed by atoms with Gasteiger partial charge in [0, 0.05) is 0 Å². The van der Waals surface area contributed by atoms with Gasteiger partial charge >= 0.3 is 41.9 Å². The molecule has 1 N–H and O–H groups in total. The lowest BCUT2D eigenvalue weighted by Gasteiger charge is -2.38. The molecule has 1 aliphatic rings. The summed E-state index contributed by atoms with van der Waals surface area (Å²) in [5.41, 5.74) is 0. The van der Waals surface area contributed by atoms with Crippen LogP contribution in [0.5, 0.6) is 11.5 Å². The molecule has 1 aromatic rings. The van der Waals surface area contributed by atoms with Crippen LogP contribution in [0.3, 0.4) is 0 Å². The van der Waals surface area contributed by atoms with E-state index in [1.54, 1.807) is 0 Å². The van der Waals surface area contributed by atoms with Crippen molar-refractivity contribution in [1.82, 2.24) is 4.90 Å². The number of hydrogen-bond donors (Lipinski definition) is 1. The molecular formula is C13H5F12NO3. The first-order valence-electron chi connectivity index (χ1n) is 6.85. The third kappa shape index (κ3) is 2.78. The number of carbonyl (C=O) groups excluding carboxylic acids is 1. The Kier molecular flexibility index (Phi) is 4.78.